The first-order valence-electron chi connectivity index (χ1n) is 6.23. The van der Waals surface area contributed by atoms with Gasteiger partial charge in [0.1, 0.15) is 0 Å². The molecule has 0 aliphatic heterocycles. The molecule has 1 saturated carbocycles. The van der Waals surface area contributed by atoms with Crippen molar-refractivity contribution < 1.29 is 19.1 Å². The van der Waals surface area contributed by atoms with Crippen molar-refractivity contribution in [3.8, 4) is 0 Å². The van der Waals surface area contributed by atoms with Gasteiger partial charge in [0.05, 0.1) is 12.2 Å². The van der Waals surface area contributed by atoms with Gasteiger partial charge < -0.3 is 14.8 Å². The summed E-state index contributed by atoms with van der Waals surface area (Å²) >= 11 is 0. The number of hydrogen-bond acceptors (Lipinski definition) is 4. The molecule has 0 atom stereocenters. The smallest absolute Gasteiger partial charge is 0.338 e. The van der Waals surface area contributed by atoms with Crippen molar-refractivity contribution in [1.82, 2.24) is 5.32 Å². The molecule has 1 aromatic carbocycles. The molecule has 2 rings (SSSR count). The summed E-state index contributed by atoms with van der Waals surface area (Å²) in [5.41, 5.74) is 1.41. The molecule has 1 aromatic rings. The quantitative estimate of drug-likeness (QED) is 0.785. The van der Waals surface area contributed by atoms with E-state index in [-0.39, 0.29) is 18.6 Å². The monoisotopic (exact) mass is 263 g/mol. The molecule has 0 spiro atoms. The van der Waals surface area contributed by atoms with Crippen LogP contribution in [0.4, 0.5) is 0 Å². The molecular weight excluding hydrogens is 246 g/mol. The van der Waals surface area contributed by atoms with Gasteiger partial charge in [0, 0.05) is 13.2 Å². The standard InChI is InChI=1S/C14H17NO4/c1-18-8-10-2-4-11(5-3-10)14(17)19-9-13(16)15-12-6-7-12/h2-5,12H,6-9H2,1H3,(H,15,16). The number of esters is 1. The van der Waals surface area contributed by atoms with E-state index >= 15 is 0 Å². The number of carbonyl (C=O) groups is 2. The molecule has 0 saturated heterocycles. The number of amides is 1. The van der Waals surface area contributed by atoms with Crippen LogP contribution in [0.5, 0.6) is 0 Å². The lowest BCUT2D eigenvalue weighted by molar-refractivity contribution is -0.124. The van der Waals surface area contributed by atoms with Crippen LogP contribution in [0.2, 0.25) is 0 Å². The molecule has 1 fully saturated rings. The van der Waals surface area contributed by atoms with Crippen molar-refractivity contribution in [1.29, 1.82) is 0 Å². The van der Waals surface area contributed by atoms with E-state index in [9.17, 15) is 9.59 Å². The van der Waals surface area contributed by atoms with E-state index in [1.807, 2.05) is 0 Å². The van der Waals surface area contributed by atoms with Crippen LogP contribution in [-0.2, 0) is 20.9 Å². The van der Waals surface area contributed by atoms with Crippen molar-refractivity contribution >= 4 is 11.9 Å². The van der Waals surface area contributed by atoms with E-state index in [2.05, 4.69) is 5.32 Å². The third-order valence-corrected chi connectivity index (χ3v) is 2.78. The highest BCUT2D eigenvalue weighted by molar-refractivity contribution is 5.91. The van der Waals surface area contributed by atoms with Gasteiger partial charge >= 0.3 is 5.97 Å². The lowest BCUT2D eigenvalue weighted by Gasteiger charge is -2.06. The Morgan fingerprint density at radius 1 is 1.26 bits per heavy atom. The molecule has 5 nitrogen and oxygen atoms in total. The fraction of sp³-hybridized carbons (Fsp3) is 0.429. The summed E-state index contributed by atoms with van der Waals surface area (Å²) in [4.78, 5) is 23.0. The second-order valence-electron chi connectivity index (χ2n) is 4.55. The van der Waals surface area contributed by atoms with Crippen molar-refractivity contribution in [2.24, 2.45) is 0 Å². The first-order valence-corrected chi connectivity index (χ1v) is 6.23. The normalized spacial score (nSPS) is 13.9. The Balaban J connectivity index is 1.79. The Labute approximate surface area is 111 Å². The molecule has 1 amide bonds. The van der Waals surface area contributed by atoms with Gasteiger partial charge in [-0.3, -0.25) is 4.79 Å². The van der Waals surface area contributed by atoms with Gasteiger partial charge in [0.2, 0.25) is 0 Å². The summed E-state index contributed by atoms with van der Waals surface area (Å²) in [7, 11) is 1.61. The zero-order chi connectivity index (χ0) is 13.7. The average Bonchev–Trinajstić information content (AvgIpc) is 3.21. The molecule has 0 heterocycles. The summed E-state index contributed by atoms with van der Waals surface area (Å²) in [6.45, 7) is 0.272. The van der Waals surface area contributed by atoms with Crippen LogP contribution in [0.1, 0.15) is 28.8 Å². The van der Waals surface area contributed by atoms with Crippen LogP contribution in [0, 0.1) is 0 Å². The lowest BCUT2D eigenvalue weighted by Crippen LogP contribution is -2.30. The van der Waals surface area contributed by atoms with E-state index in [1.54, 1.807) is 31.4 Å². The number of benzene rings is 1. The summed E-state index contributed by atoms with van der Waals surface area (Å²) in [6, 6.07) is 7.19. The van der Waals surface area contributed by atoms with Gasteiger partial charge in [0.25, 0.3) is 5.91 Å². The Morgan fingerprint density at radius 2 is 1.95 bits per heavy atom. The van der Waals surface area contributed by atoms with Gasteiger partial charge in [-0.1, -0.05) is 12.1 Å². The first-order chi connectivity index (χ1) is 9.19. The fourth-order valence-corrected chi connectivity index (χ4v) is 1.62. The van der Waals surface area contributed by atoms with Crippen LogP contribution >= 0.6 is 0 Å². The SMILES string of the molecule is COCc1ccc(C(=O)OCC(=O)NC2CC2)cc1. The molecule has 0 bridgehead atoms. The zero-order valence-electron chi connectivity index (χ0n) is 10.8. The number of nitrogens with one attached hydrogen (secondary N) is 1. The number of carbonyl (C=O) groups excluding carboxylic acids is 2. The first kappa shape index (κ1) is 13.5. The van der Waals surface area contributed by atoms with Gasteiger partial charge in [0.15, 0.2) is 6.61 Å². The number of methoxy groups -OCH3 is 1. The maximum Gasteiger partial charge on any atom is 0.338 e. The maximum atomic E-state index is 11.7. The predicted octanol–water partition coefficient (Wildman–Crippen LogP) is 1.27. The van der Waals surface area contributed by atoms with Crippen molar-refractivity contribution in [3.05, 3.63) is 35.4 Å². The number of rotatable bonds is 6. The zero-order valence-corrected chi connectivity index (χ0v) is 10.8. The maximum absolute atomic E-state index is 11.7. The Hall–Kier alpha value is -1.88. The number of ether oxygens (including phenoxy) is 2. The molecule has 19 heavy (non-hydrogen) atoms. The highest BCUT2D eigenvalue weighted by Gasteiger charge is 2.23. The van der Waals surface area contributed by atoms with Crippen LogP contribution < -0.4 is 5.32 Å². The molecular formula is C14H17NO4. The van der Waals surface area contributed by atoms with Crippen molar-refractivity contribution in [3.63, 3.8) is 0 Å². The highest BCUT2D eigenvalue weighted by Crippen LogP contribution is 2.18. The Bertz CT molecular complexity index is 451. The van der Waals surface area contributed by atoms with E-state index < -0.39 is 5.97 Å². The van der Waals surface area contributed by atoms with Crippen molar-refractivity contribution in [2.75, 3.05) is 13.7 Å². The second kappa shape index (κ2) is 6.33. The average molecular weight is 263 g/mol. The molecule has 1 aliphatic carbocycles. The molecule has 5 heteroatoms. The lowest BCUT2D eigenvalue weighted by atomic mass is 10.1. The van der Waals surface area contributed by atoms with E-state index in [1.165, 1.54) is 0 Å². The minimum absolute atomic E-state index is 0.227. The minimum atomic E-state index is -0.491. The largest absolute Gasteiger partial charge is 0.452 e. The molecule has 0 aromatic heterocycles. The topological polar surface area (TPSA) is 64.6 Å². The Morgan fingerprint density at radius 3 is 2.53 bits per heavy atom. The minimum Gasteiger partial charge on any atom is -0.452 e. The Kier molecular flexibility index (Phi) is 4.52. The van der Waals surface area contributed by atoms with Gasteiger partial charge in [-0.25, -0.2) is 4.79 Å². The van der Waals surface area contributed by atoms with Crippen LogP contribution in [-0.4, -0.2) is 31.6 Å². The molecule has 1 N–H and O–H groups in total. The third-order valence-electron chi connectivity index (χ3n) is 2.78. The van der Waals surface area contributed by atoms with Crippen LogP contribution in [0.15, 0.2) is 24.3 Å². The van der Waals surface area contributed by atoms with Gasteiger partial charge in [-0.15, -0.1) is 0 Å². The second-order valence-corrected chi connectivity index (χ2v) is 4.55. The third kappa shape index (κ3) is 4.37. The highest BCUT2D eigenvalue weighted by atomic mass is 16.5. The van der Waals surface area contributed by atoms with E-state index in [4.69, 9.17) is 9.47 Å². The fourth-order valence-electron chi connectivity index (χ4n) is 1.62. The van der Waals surface area contributed by atoms with E-state index in [0.717, 1.165) is 18.4 Å². The molecule has 1 aliphatic rings. The molecule has 0 radical (unpaired) electrons. The van der Waals surface area contributed by atoms with E-state index in [0.29, 0.717) is 12.2 Å². The van der Waals surface area contributed by atoms with Gasteiger partial charge in [-0.05, 0) is 30.5 Å². The van der Waals surface area contributed by atoms with Crippen LogP contribution in [0.3, 0.4) is 0 Å². The summed E-state index contributed by atoms with van der Waals surface area (Å²) in [5, 5.41) is 2.75. The molecule has 0 unspecified atom stereocenters. The van der Waals surface area contributed by atoms with Gasteiger partial charge in [-0.2, -0.15) is 0 Å². The summed E-state index contributed by atoms with van der Waals surface area (Å²) < 4.78 is 9.92. The van der Waals surface area contributed by atoms with Crippen LogP contribution in [0.25, 0.3) is 0 Å². The predicted molar refractivity (Wildman–Crippen MR) is 68.6 cm³/mol. The van der Waals surface area contributed by atoms with Crippen molar-refractivity contribution in [2.45, 2.75) is 25.5 Å². The summed E-state index contributed by atoms with van der Waals surface area (Å²) in [5.74, 6) is -0.734. The number of hydrogen-bond donors (Lipinski definition) is 1. The molecule has 102 valence electrons. The summed E-state index contributed by atoms with van der Waals surface area (Å²) in [6.07, 6.45) is 2.03.